The number of nitrogens with zero attached hydrogens (tertiary/aromatic N) is 3. The second kappa shape index (κ2) is 23.5. The fraction of sp³-hybridized carbons (Fsp3) is 0.259. The van der Waals surface area contributed by atoms with Gasteiger partial charge in [-0.1, -0.05) is 218 Å². The van der Waals surface area contributed by atoms with Gasteiger partial charge < -0.3 is 14.5 Å². The number of likely N-dealkylation sites (N-methyl/N-ethyl adjacent to an activating group) is 1. The van der Waals surface area contributed by atoms with Gasteiger partial charge in [0.05, 0.1) is 5.41 Å². The fourth-order valence-corrected chi connectivity index (χ4v) is 15.9. The lowest BCUT2D eigenvalue weighted by Crippen LogP contribution is -2.29. The van der Waals surface area contributed by atoms with Gasteiger partial charge in [-0.3, -0.25) is 0 Å². The Labute approximate surface area is 529 Å². The Hall–Kier alpha value is -8.99. The monoisotopic (exact) mass is 1160 g/mol. The number of ether oxygens (including phenoxy) is 1. The molecule has 0 spiro atoms. The van der Waals surface area contributed by atoms with Gasteiger partial charge >= 0.3 is 0 Å². The van der Waals surface area contributed by atoms with Gasteiger partial charge in [-0.05, 0) is 184 Å². The summed E-state index contributed by atoms with van der Waals surface area (Å²) in [5.41, 5.74) is 17.1. The summed E-state index contributed by atoms with van der Waals surface area (Å²) < 4.78 is 9.29. The summed E-state index contributed by atoms with van der Waals surface area (Å²) in [4.78, 5) is 5.01. The number of hydrogen-bond donors (Lipinski definition) is 0. The molecule has 0 radical (unpaired) electrons. The van der Waals surface area contributed by atoms with Crippen LogP contribution >= 0.6 is 0 Å². The van der Waals surface area contributed by atoms with Crippen LogP contribution in [-0.4, -0.2) is 30.4 Å². The van der Waals surface area contributed by atoms with Crippen molar-refractivity contribution in [3.63, 3.8) is 0 Å². The predicted octanol–water partition coefficient (Wildman–Crippen LogP) is 21.8. The molecule has 2 atom stereocenters. The number of allylic oxidation sites excluding steroid dienone is 9. The third-order valence-electron chi connectivity index (χ3n) is 20.4. The summed E-state index contributed by atoms with van der Waals surface area (Å²) in [6.45, 7) is 28.2. The van der Waals surface area contributed by atoms with Crippen LogP contribution in [0.1, 0.15) is 120 Å². The molecule has 3 aliphatic rings. The molecule has 446 valence electrons. The van der Waals surface area contributed by atoms with Crippen molar-refractivity contribution in [1.82, 2.24) is 0 Å². The van der Waals surface area contributed by atoms with Gasteiger partial charge in [-0.15, -0.1) is 0 Å². The SMILES string of the molecule is C=C(/C=C/C=C1/N(CCCC)c2ccc3ccccc3c2C1(C)C)C(C)(Cc1ccc(Oc2ccc(CC3(C)C(=CC=CC4=[N+](CCCC)c5ccc6ccccc6c5C4(C)C)N(C)c4ccc5ccccc5c43)cc2)cc1)c1c(C)ccc2ccccc12. The van der Waals surface area contributed by atoms with Crippen LogP contribution < -0.4 is 14.5 Å². The number of benzene rings is 10. The second-order valence-electron chi connectivity index (χ2n) is 27.0. The first-order chi connectivity index (χ1) is 43.0. The molecule has 2 unspecified atom stereocenters. The minimum absolute atomic E-state index is 0.172. The number of unbranched alkanes of at least 4 members (excludes halogenated alkanes) is 2. The lowest BCUT2D eigenvalue weighted by atomic mass is 9.69. The highest BCUT2D eigenvalue weighted by molar-refractivity contribution is 6.08. The van der Waals surface area contributed by atoms with Crippen LogP contribution in [-0.2, 0) is 34.5 Å². The second-order valence-corrected chi connectivity index (χ2v) is 27.0. The van der Waals surface area contributed by atoms with Gasteiger partial charge in [0.2, 0.25) is 5.69 Å². The Morgan fingerprint density at radius 2 is 1.08 bits per heavy atom. The molecule has 0 aromatic heterocycles. The first-order valence-corrected chi connectivity index (χ1v) is 32.6. The van der Waals surface area contributed by atoms with Crippen molar-refractivity contribution in [2.75, 3.05) is 29.9 Å². The standard InChI is InChI=1S/C85H86N3O/c1-12-14-54-87-73-52-45-63-28-17-21-32-69(63)79(73)82(5,6)75(87)35-24-26-59(4)84(9,78-58(3)38-43-62-27-16-20-31-68(62)78)56-60-39-47-66(48-40-60)89-67-49-41-61(42-50-67)57-85(10)77(86(11)72-51-44-65-30-19-23-34-71(65)81(72)85)37-25-36-76-83(7,8)80-70-33-22-18-29-64(70)46-53-74(80)88(76)55-15-13-2/h16-53H,4,12-15,54-57H2,1-3,5-11H3/q+1/b26-24+,75-35+. The summed E-state index contributed by atoms with van der Waals surface area (Å²) in [5, 5.41) is 10.3. The molecule has 0 saturated heterocycles. The Bertz CT molecular complexity index is 4560. The van der Waals surface area contributed by atoms with Crippen LogP contribution in [0.4, 0.5) is 17.1 Å². The Morgan fingerprint density at radius 3 is 1.71 bits per heavy atom. The van der Waals surface area contributed by atoms with E-state index in [1.54, 1.807) is 0 Å². The average Bonchev–Trinajstić information content (AvgIpc) is 1.79. The maximum absolute atomic E-state index is 6.70. The van der Waals surface area contributed by atoms with E-state index in [1.807, 2.05) is 0 Å². The molecule has 13 rings (SSSR count). The highest BCUT2D eigenvalue weighted by atomic mass is 16.5. The smallest absolute Gasteiger partial charge is 0.210 e. The number of anilines is 2. The number of hydrogen-bond acceptors (Lipinski definition) is 3. The molecule has 0 N–H and O–H groups in total. The van der Waals surface area contributed by atoms with E-state index < -0.39 is 5.41 Å². The molecule has 0 saturated carbocycles. The third kappa shape index (κ3) is 10.3. The van der Waals surface area contributed by atoms with Gasteiger partial charge in [-0.25, -0.2) is 0 Å². The minimum atomic E-state index is -0.434. The van der Waals surface area contributed by atoms with Crippen LogP contribution in [0, 0.1) is 6.92 Å². The lowest BCUT2D eigenvalue weighted by molar-refractivity contribution is -0.438. The molecule has 3 aliphatic heterocycles. The number of aryl methyl sites for hydroxylation is 1. The molecule has 3 heterocycles. The van der Waals surface area contributed by atoms with Gasteiger partial charge in [0.15, 0.2) is 5.71 Å². The summed E-state index contributed by atoms with van der Waals surface area (Å²) in [6.07, 6.45) is 20.2. The summed E-state index contributed by atoms with van der Waals surface area (Å²) >= 11 is 0. The van der Waals surface area contributed by atoms with Crippen molar-refractivity contribution in [2.24, 2.45) is 0 Å². The summed E-state index contributed by atoms with van der Waals surface area (Å²) in [7, 11) is 2.25. The van der Waals surface area contributed by atoms with E-state index in [2.05, 4.69) is 314 Å². The van der Waals surface area contributed by atoms with E-state index in [0.29, 0.717) is 0 Å². The average molecular weight is 1170 g/mol. The van der Waals surface area contributed by atoms with E-state index in [9.17, 15) is 0 Å². The third-order valence-corrected chi connectivity index (χ3v) is 20.4. The van der Waals surface area contributed by atoms with Gasteiger partial charge in [0.25, 0.3) is 0 Å². The molecule has 89 heavy (non-hydrogen) atoms. The zero-order valence-corrected chi connectivity index (χ0v) is 54.1. The molecule has 10 aromatic carbocycles. The normalized spacial score (nSPS) is 18.4. The zero-order chi connectivity index (χ0) is 61.8. The van der Waals surface area contributed by atoms with Gasteiger partial charge in [-0.2, -0.15) is 4.58 Å². The summed E-state index contributed by atoms with van der Waals surface area (Å²) in [5.74, 6) is 1.63. The van der Waals surface area contributed by atoms with Crippen molar-refractivity contribution in [3.8, 4) is 11.5 Å². The van der Waals surface area contributed by atoms with Crippen molar-refractivity contribution in [1.29, 1.82) is 0 Å². The molecule has 0 fully saturated rings. The van der Waals surface area contributed by atoms with Crippen LogP contribution in [0.15, 0.2) is 254 Å². The van der Waals surface area contributed by atoms with Crippen molar-refractivity contribution in [2.45, 2.75) is 122 Å². The quantitative estimate of drug-likeness (QED) is 0.0630. The molecule has 4 heteroatoms. The number of rotatable bonds is 18. The molecule has 0 bridgehead atoms. The minimum Gasteiger partial charge on any atom is -0.457 e. The van der Waals surface area contributed by atoms with Crippen LogP contribution in [0.25, 0.3) is 43.1 Å². The van der Waals surface area contributed by atoms with Crippen LogP contribution in [0.5, 0.6) is 11.5 Å². The molecule has 4 nitrogen and oxygen atoms in total. The first kappa shape index (κ1) is 59.0. The lowest BCUT2D eigenvalue weighted by Gasteiger charge is -2.34. The van der Waals surface area contributed by atoms with E-state index in [1.165, 1.54) is 116 Å². The van der Waals surface area contributed by atoms with E-state index in [4.69, 9.17) is 11.3 Å². The maximum atomic E-state index is 6.70. The first-order valence-electron chi connectivity index (χ1n) is 32.6. The Balaban J connectivity index is 0.773. The van der Waals surface area contributed by atoms with Crippen molar-refractivity contribution in [3.05, 3.63) is 293 Å². The molecule has 0 aliphatic carbocycles. The van der Waals surface area contributed by atoms with Gasteiger partial charge in [0.1, 0.15) is 18.0 Å². The van der Waals surface area contributed by atoms with E-state index >= 15 is 0 Å². The predicted molar refractivity (Wildman–Crippen MR) is 381 cm³/mol. The highest BCUT2D eigenvalue weighted by Gasteiger charge is 2.47. The van der Waals surface area contributed by atoms with Crippen LogP contribution in [0.2, 0.25) is 0 Å². The van der Waals surface area contributed by atoms with Crippen molar-refractivity contribution >= 4 is 65.9 Å². The maximum Gasteiger partial charge on any atom is 0.210 e. The molecule has 10 aromatic rings. The largest absolute Gasteiger partial charge is 0.457 e. The summed E-state index contributed by atoms with van der Waals surface area (Å²) in [6, 6.07) is 71.5. The zero-order valence-electron chi connectivity index (χ0n) is 54.1. The highest BCUT2D eigenvalue weighted by Crippen LogP contribution is 2.54. The van der Waals surface area contributed by atoms with E-state index in [0.717, 1.165) is 68.7 Å². The molecule has 0 amide bonds. The Morgan fingerprint density at radius 1 is 0.551 bits per heavy atom. The van der Waals surface area contributed by atoms with Crippen LogP contribution in [0.3, 0.4) is 0 Å². The van der Waals surface area contributed by atoms with Crippen molar-refractivity contribution < 1.29 is 9.31 Å². The number of fused-ring (bicyclic) bond motifs is 10. The molecular formula is C85H86N3O+. The Kier molecular flexibility index (Phi) is 15.6. The fourth-order valence-electron chi connectivity index (χ4n) is 15.9. The topological polar surface area (TPSA) is 18.7 Å². The van der Waals surface area contributed by atoms with Gasteiger partial charge in [0, 0.05) is 76.7 Å². The molecular weight excluding hydrogens is 1080 g/mol. The van der Waals surface area contributed by atoms with E-state index in [-0.39, 0.29) is 16.2 Å².